The number of anilines is 1. The molecule has 1 amide bonds. The zero-order chi connectivity index (χ0) is 17.6. The third-order valence-electron chi connectivity index (χ3n) is 3.07. The molecule has 0 saturated heterocycles. The number of hydrogen-bond acceptors (Lipinski definition) is 4. The SMILES string of the molecule is CCC(=O)Nc1ccc(S(=O)(=O)N[C@@H](CC(C)C)C(=O)O)cc1. The van der Waals surface area contributed by atoms with Crippen LogP contribution in [0.15, 0.2) is 29.2 Å². The maximum Gasteiger partial charge on any atom is 0.321 e. The molecule has 8 heteroatoms. The van der Waals surface area contributed by atoms with Crippen LogP contribution in [0.5, 0.6) is 0 Å². The zero-order valence-electron chi connectivity index (χ0n) is 13.4. The molecule has 0 bridgehead atoms. The Kier molecular flexibility index (Phi) is 6.71. The number of carboxylic acid groups (broad SMARTS) is 1. The van der Waals surface area contributed by atoms with E-state index in [2.05, 4.69) is 10.0 Å². The third-order valence-corrected chi connectivity index (χ3v) is 4.56. The first-order valence-electron chi connectivity index (χ1n) is 7.30. The summed E-state index contributed by atoms with van der Waals surface area (Å²) < 4.78 is 26.7. The molecule has 1 aromatic carbocycles. The minimum absolute atomic E-state index is 0.0328. The number of hydrogen-bond donors (Lipinski definition) is 3. The predicted octanol–water partition coefficient (Wildman–Crippen LogP) is 1.81. The number of sulfonamides is 1. The van der Waals surface area contributed by atoms with E-state index < -0.39 is 22.0 Å². The van der Waals surface area contributed by atoms with Gasteiger partial charge >= 0.3 is 5.97 Å². The summed E-state index contributed by atoms with van der Waals surface area (Å²) in [5, 5.41) is 11.7. The summed E-state index contributed by atoms with van der Waals surface area (Å²) in [7, 11) is -3.94. The van der Waals surface area contributed by atoms with Crippen molar-refractivity contribution in [3.05, 3.63) is 24.3 Å². The quantitative estimate of drug-likeness (QED) is 0.667. The second kappa shape index (κ2) is 8.07. The second-order valence-electron chi connectivity index (χ2n) is 5.57. The molecular formula is C15H22N2O5S. The Balaban J connectivity index is 2.90. The number of carbonyl (C=O) groups is 2. The van der Waals surface area contributed by atoms with Crippen molar-refractivity contribution in [2.24, 2.45) is 5.92 Å². The maximum atomic E-state index is 12.3. The van der Waals surface area contributed by atoms with E-state index in [4.69, 9.17) is 5.11 Å². The lowest BCUT2D eigenvalue weighted by Gasteiger charge is -2.16. The molecular weight excluding hydrogens is 320 g/mol. The van der Waals surface area contributed by atoms with Crippen LogP contribution in [0.1, 0.15) is 33.6 Å². The normalized spacial score (nSPS) is 12.9. The molecule has 0 spiro atoms. The van der Waals surface area contributed by atoms with Gasteiger partial charge in [0.15, 0.2) is 0 Å². The van der Waals surface area contributed by atoms with E-state index in [0.29, 0.717) is 12.1 Å². The fraction of sp³-hybridized carbons (Fsp3) is 0.467. The Bertz CT molecular complexity index is 653. The van der Waals surface area contributed by atoms with Crippen LogP contribution < -0.4 is 10.0 Å². The summed E-state index contributed by atoms with van der Waals surface area (Å²) in [5.74, 6) is -1.36. The van der Waals surface area contributed by atoms with Crippen LogP contribution in [0.2, 0.25) is 0 Å². The largest absolute Gasteiger partial charge is 0.480 e. The van der Waals surface area contributed by atoms with Gasteiger partial charge in [0.25, 0.3) is 0 Å². The molecule has 1 rings (SSSR count). The minimum atomic E-state index is -3.94. The van der Waals surface area contributed by atoms with E-state index in [0.717, 1.165) is 0 Å². The van der Waals surface area contributed by atoms with Gasteiger partial charge in [0.05, 0.1) is 4.90 Å². The molecule has 0 saturated carbocycles. The summed E-state index contributed by atoms with van der Waals surface area (Å²) in [6.45, 7) is 5.34. The van der Waals surface area contributed by atoms with Crippen LogP contribution in [-0.2, 0) is 19.6 Å². The lowest BCUT2D eigenvalue weighted by Crippen LogP contribution is -2.41. The van der Waals surface area contributed by atoms with Crippen molar-refractivity contribution in [3.8, 4) is 0 Å². The van der Waals surface area contributed by atoms with Crippen LogP contribution in [0, 0.1) is 5.92 Å². The van der Waals surface area contributed by atoms with Crippen molar-refractivity contribution in [2.75, 3.05) is 5.32 Å². The van der Waals surface area contributed by atoms with Crippen LogP contribution in [0.25, 0.3) is 0 Å². The van der Waals surface area contributed by atoms with E-state index in [1.165, 1.54) is 24.3 Å². The van der Waals surface area contributed by atoms with Gasteiger partial charge in [0.1, 0.15) is 6.04 Å². The van der Waals surface area contributed by atoms with Crippen molar-refractivity contribution in [1.82, 2.24) is 4.72 Å². The van der Waals surface area contributed by atoms with Crippen molar-refractivity contribution >= 4 is 27.6 Å². The fourth-order valence-corrected chi connectivity index (χ4v) is 3.09. The number of aliphatic carboxylic acids is 1. The van der Waals surface area contributed by atoms with Crippen LogP contribution >= 0.6 is 0 Å². The highest BCUT2D eigenvalue weighted by molar-refractivity contribution is 7.89. The topological polar surface area (TPSA) is 113 Å². The Hall–Kier alpha value is -1.93. The molecule has 128 valence electrons. The van der Waals surface area contributed by atoms with E-state index in [1.807, 2.05) is 13.8 Å². The van der Waals surface area contributed by atoms with Crippen molar-refractivity contribution in [1.29, 1.82) is 0 Å². The Morgan fingerprint density at radius 3 is 2.17 bits per heavy atom. The van der Waals surface area contributed by atoms with E-state index in [-0.39, 0.29) is 23.1 Å². The molecule has 0 unspecified atom stereocenters. The average molecular weight is 342 g/mol. The third kappa shape index (κ3) is 5.99. The van der Waals surface area contributed by atoms with Gasteiger partial charge in [-0.2, -0.15) is 4.72 Å². The molecule has 0 aliphatic rings. The van der Waals surface area contributed by atoms with Gasteiger partial charge in [-0.05, 0) is 36.6 Å². The molecule has 1 atom stereocenters. The number of rotatable bonds is 8. The first-order valence-corrected chi connectivity index (χ1v) is 8.79. The Morgan fingerprint density at radius 2 is 1.74 bits per heavy atom. The van der Waals surface area contributed by atoms with Gasteiger partial charge in [0, 0.05) is 12.1 Å². The summed E-state index contributed by atoms with van der Waals surface area (Å²) >= 11 is 0. The Labute approximate surface area is 136 Å². The molecule has 0 aliphatic carbocycles. The molecule has 3 N–H and O–H groups in total. The van der Waals surface area contributed by atoms with Crippen molar-refractivity contribution < 1.29 is 23.1 Å². The van der Waals surface area contributed by atoms with Gasteiger partial charge in [-0.25, -0.2) is 8.42 Å². The van der Waals surface area contributed by atoms with Gasteiger partial charge in [-0.15, -0.1) is 0 Å². The second-order valence-corrected chi connectivity index (χ2v) is 7.28. The van der Waals surface area contributed by atoms with Gasteiger partial charge in [-0.1, -0.05) is 20.8 Å². The monoisotopic (exact) mass is 342 g/mol. The number of benzene rings is 1. The lowest BCUT2D eigenvalue weighted by molar-refractivity contribution is -0.139. The Morgan fingerprint density at radius 1 is 1.17 bits per heavy atom. The number of nitrogens with one attached hydrogen (secondary N) is 2. The van der Waals surface area contributed by atoms with Crippen molar-refractivity contribution in [2.45, 2.75) is 44.6 Å². The number of amides is 1. The predicted molar refractivity (Wildman–Crippen MR) is 86.6 cm³/mol. The highest BCUT2D eigenvalue weighted by Gasteiger charge is 2.26. The maximum absolute atomic E-state index is 12.3. The summed E-state index contributed by atoms with van der Waals surface area (Å²) in [6, 6.07) is 4.38. The first kappa shape index (κ1) is 19.1. The lowest BCUT2D eigenvalue weighted by atomic mass is 10.1. The minimum Gasteiger partial charge on any atom is -0.480 e. The summed E-state index contributed by atoms with van der Waals surface area (Å²) in [6.07, 6.45) is 0.510. The highest BCUT2D eigenvalue weighted by atomic mass is 32.2. The van der Waals surface area contributed by atoms with Crippen LogP contribution in [0.4, 0.5) is 5.69 Å². The molecule has 7 nitrogen and oxygen atoms in total. The van der Waals surface area contributed by atoms with Gasteiger partial charge < -0.3 is 10.4 Å². The molecule has 23 heavy (non-hydrogen) atoms. The number of carboxylic acids is 1. The summed E-state index contributed by atoms with van der Waals surface area (Å²) in [4.78, 5) is 22.4. The molecule has 0 radical (unpaired) electrons. The van der Waals surface area contributed by atoms with Crippen molar-refractivity contribution in [3.63, 3.8) is 0 Å². The van der Waals surface area contributed by atoms with Gasteiger partial charge in [0.2, 0.25) is 15.9 Å². The van der Waals surface area contributed by atoms with E-state index in [1.54, 1.807) is 6.92 Å². The zero-order valence-corrected chi connectivity index (χ0v) is 14.2. The smallest absolute Gasteiger partial charge is 0.321 e. The van der Waals surface area contributed by atoms with Crippen LogP contribution in [0.3, 0.4) is 0 Å². The molecule has 1 aromatic rings. The van der Waals surface area contributed by atoms with Gasteiger partial charge in [-0.3, -0.25) is 9.59 Å². The highest BCUT2D eigenvalue weighted by Crippen LogP contribution is 2.16. The van der Waals surface area contributed by atoms with E-state index >= 15 is 0 Å². The fourth-order valence-electron chi connectivity index (χ4n) is 1.89. The van der Waals surface area contributed by atoms with Crippen LogP contribution in [-0.4, -0.2) is 31.4 Å². The van der Waals surface area contributed by atoms with E-state index in [9.17, 15) is 18.0 Å². The average Bonchev–Trinajstić information content (AvgIpc) is 2.46. The molecule has 0 fully saturated rings. The molecule has 0 aliphatic heterocycles. The number of carbonyl (C=O) groups excluding carboxylic acids is 1. The molecule has 0 heterocycles. The summed E-state index contributed by atoms with van der Waals surface area (Å²) in [5.41, 5.74) is 0.479. The standard InChI is InChI=1S/C15H22N2O5S/c1-4-14(18)16-11-5-7-12(8-6-11)23(21,22)17-13(15(19)20)9-10(2)3/h5-8,10,13,17H,4,9H2,1-3H3,(H,16,18)(H,19,20)/t13-/m0/s1. The first-order chi connectivity index (χ1) is 10.7. The molecule has 0 aromatic heterocycles.